The number of rotatable bonds is 3. The van der Waals surface area contributed by atoms with Crippen molar-refractivity contribution in [2.45, 2.75) is 37.6 Å². The van der Waals surface area contributed by atoms with Crippen molar-refractivity contribution in [1.82, 2.24) is 14.9 Å². The molecule has 2 aliphatic rings. The van der Waals surface area contributed by atoms with Gasteiger partial charge in [-0.05, 0) is 38.1 Å². The quantitative estimate of drug-likeness (QED) is 0.810. The van der Waals surface area contributed by atoms with Crippen LogP contribution in [0.4, 0.5) is 0 Å². The molecule has 82 valence electrons. The van der Waals surface area contributed by atoms with Crippen molar-refractivity contribution >= 4 is 0 Å². The van der Waals surface area contributed by atoms with Gasteiger partial charge in [-0.3, -0.25) is 0 Å². The normalized spacial score (nSPS) is 31.0. The summed E-state index contributed by atoms with van der Waals surface area (Å²) in [6.07, 6.45) is 10.6. The van der Waals surface area contributed by atoms with E-state index >= 15 is 0 Å². The molecular formula is C12H19N3. The van der Waals surface area contributed by atoms with Crippen molar-refractivity contribution in [2.75, 3.05) is 6.54 Å². The Morgan fingerprint density at radius 2 is 2.47 bits per heavy atom. The largest absolute Gasteiger partial charge is 0.338 e. The third-order valence-corrected chi connectivity index (χ3v) is 4.03. The third-order valence-electron chi connectivity index (χ3n) is 4.03. The second-order valence-electron chi connectivity index (χ2n) is 5.09. The Bertz CT molecular complexity index is 346. The number of aryl methyl sites for hydroxylation is 1. The fraction of sp³-hybridized carbons (Fsp3) is 0.750. The van der Waals surface area contributed by atoms with Crippen LogP contribution in [-0.2, 0) is 13.5 Å². The molecule has 0 aromatic carbocycles. The van der Waals surface area contributed by atoms with E-state index in [-0.39, 0.29) is 0 Å². The van der Waals surface area contributed by atoms with Gasteiger partial charge in [0.25, 0.3) is 0 Å². The molecule has 1 saturated heterocycles. The van der Waals surface area contributed by atoms with Gasteiger partial charge in [0.1, 0.15) is 5.82 Å². The number of hydrogen-bond donors (Lipinski definition) is 1. The zero-order valence-corrected chi connectivity index (χ0v) is 9.37. The topological polar surface area (TPSA) is 29.9 Å². The van der Waals surface area contributed by atoms with Crippen LogP contribution >= 0.6 is 0 Å². The Kier molecular flexibility index (Phi) is 2.09. The highest BCUT2D eigenvalue weighted by molar-refractivity contribution is 5.10. The molecule has 3 heteroatoms. The Morgan fingerprint density at radius 3 is 3.00 bits per heavy atom. The Morgan fingerprint density at radius 1 is 1.60 bits per heavy atom. The van der Waals surface area contributed by atoms with Gasteiger partial charge in [0.2, 0.25) is 0 Å². The van der Waals surface area contributed by atoms with Crippen LogP contribution in [0.2, 0.25) is 0 Å². The van der Waals surface area contributed by atoms with Crippen LogP contribution in [0.25, 0.3) is 0 Å². The minimum absolute atomic E-state index is 0.388. The molecule has 0 spiro atoms. The molecule has 1 atom stereocenters. The minimum Gasteiger partial charge on any atom is -0.338 e. The molecule has 2 heterocycles. The molecule has 0 bridgehead atoms. The molecule has 1 saturated carbocycles. The zero-order valence-electron chi connectivity index (χ0n) is 9.37. The van der Waals surface area contributed by atoms with Gasteiger partial charge < -0.3 is 9.88 Å². The first-order chi connectivity index (χ1) is 7.30. The van der Waals surface area contributed by atoms with Gasteiger partial charge in [-0.25, -0.2) is 4.98 Å². The highest BCUT2D eigenvalue weighted by Crippen LogP contribution is 2.45. The molecular weight excluding hydrogens is 186 g/mol. The predicted molar refractivity (Wildman–Crippen MR) is 59.6 cm³/mol. The van der Waals surface area contributed by atoms with E-state index in [4.69, 9.17) is 0 Å². The van der Waals surface area contributed by atoms with E-state index in [0.717, 1.165) is 12.3 Å². The minimum atomic E-state index is 0.388. The van der Waals surface area contributed by atoms with E-state index in [1.807, 2.05) is 12.4 Å². The van der Waals surface area contributed by atoms with E-state index in [1.54, 1.807) is 0 Å². The van der Waals surface area contributed by atoms with Gasteiger partial charge in [0.15, 0.2) is 0 Å². The van der Waals surface area contributed by atoms with Gasteiger partial charge in [-0.15, -0.1) is 0 Å². The maximum absolute atomic E-state index is 4.46. The van der Waals surface area contributed by atoms with Gasteiger partial charge >= 0.3 is 0 Å². The molecule has 1 aromatic rings. The number of imidazole rings is 1. The molecule has 2 fully saturated rings. The van der Waals surface area contributed by atoms with Crippen molar-refractivity contribution in [3.63, 3.8) is 0 Å². The van der Waals surface area contributed by atoms with Crippen LogP contribution in [0.5, 0.6) is 0 Å². The maximum atomic E-state index is 4.46. The van der Waals surface area contributed by atoms with E-state index in [9.17, 15) is 0 Å². The van der Waals surface area contributed by atoms with Crippen LogP contribution in [-0.4, -0.2) is 21.6 Å². The summed E-state index contributed by atoms with van der Waals surface area (Å²) in [4.78, 5) is 4.46. The monoisotopic (exact) mass is 205 g/mol. The lowest BCUT2D eigenvalue weighted by Crippen LogP contribution is -2.44. The van der Waals surface area contributed by atoms with Crippen LogP contribution in [0.3, 0.4) is 0 Å². The summed E-state index contributed by atoms with van der Waals surface area (Å²) in [6, 6.07) is 0. The first-order valence-corrected chi connectivity index (χ1v) is 6.01. The second-order valence-corrected chi connectivity index (χ2v) is 5.09. The molecule has 1 aliphatic carbocycles. The summed E-state index contributed by atoms with van der Waals surface area (Å²) in [5.41, 5.74) is 0.388. The lowest BCUT2D eigenvalue weighted by molar-refractivity contribution is 0.314. The van der Waals surface area contributed by atoms with Crippen molar-refractivity contribution in [1.29, 1.82) is 0 Å². The number of hydrogen-bond acceptors (Lipinski definition) is 2. The van der Waals surface area contributed by atoms with Crippen LogP contribution < -0.4 is 5.32 Å². The average Bonchev–Trinajstić information content (AvgIpc) is 2.88. The molecule has 1 aliphatic heterocycles. The molecule has 15 heavy (non-hydrogen) atoms. The molecule has 0 amide bonds. The van der Waals surface area contributed by atoms with Gasteiger partial charge in [-0.1, -0.05) is 0 Å². The molecule has 0 radical (unpaired) electrons. The lowest BCUT2D eigenvalue weighted by atomic mass is 9.87. The van der Waals surface area contributed by atoms with Crippen LogP contribution in [0.1, 0.15) is 31.5 Å². The summed E-state index contributed by atoms with van der Waals surface area (Å²) in [6.45, 7) is 1.20. The highest BCUT2D eigenvalue weighted by atomic mass is 15.1. The fourth-order valence-corrected chi connectivity index (χ4v) is 2.96. The Labute approximate surface area is 90.9 Å². The van der Waals surface area contributed by atoms with Crippen LogP contribution in [0, 0.1) is 5.92 Å². The number of nitrogens with one attached hydrogen (secondary N) is 1. The standard InChI is InChI=1S/C12H19N3/c1-15-8-7-13-11(15)9-12(10-3-4-10)5-2-6-14-12/h7-8,10,14H,2-6,9H2,1H3. The van der Waals surface area contributed by atoms with Crippen molar-refractivity contribution in [3.8, 4) is 0 Å². The molecule has 1 N–H and O–H groups in total. The summed E-state index contributed by atoms with van der Waals surface area (Å²) < 4.78 is 2.16. The molecule has 3 nitrogen and oxygen atoms in total. The lowest BCUT2D eigenvalue weighted by Gasteiger charge is -2.29. The summed E-state index contributed by atoms with van der Waals surface area (Å²) in [5, 5.41) is 3.74. The van der Waals surface area contributed by atoms with E-state index in [2.05, 4.69) is 21.9 Å². The molecule has 3 rings (SSSR count). The SMILES string of the molecule is Cn1ccnc1CC1(C2CC2)CCCN1. The highest BCUT2D eigenvalue weighted by Gasteiger charge is 2.47. The number of aromatic nitrogens is 2. The van der Waals surface area contributed by atoms with Crippen molar-refractivity contribution in [2.24, 2.45) is 13.0 Å². The van der Waals surface area contributed by atoms with Crippen molar-refractivity contribution < 1.29 is 0 Å². The van der Waals surface area contributed by atoms with Gasteiger partial charge in [0, 0.05) is 31.4 Å². The fourth-order valence-electron chi connectivity index (χ4n) is 2.96. The summed E-state index contributed by atoms with van der Waals surface area (Å²) >= 11 is 0. The number of nitrogens with zero attached hydrogens (tertiary/aromatic N) is 2. The Hall–Kier alpha value is -0.830. The maximum Gasteiger partial charge on any atom is 0.110 e. The first-order valence-electron chi connectivity index (χ1n) is 6.01. The summed E-state index contributed by atoms with van der Waals surface area (Å²) in [5.74, 6) is 2.15. The van der Waals surface area contributed by atoms with Gasteiger partial charge in [0.05, 0.1) is 0 Å². The van der Waals surface area contributed by atoms with E-state index < -0.39 is 0 Å². The Balaban J connectivity index is 1.82. The van der Waals surface area contributed by atoms with Crippen LogP contribution in [0.15, 0.2) is 12.4 Å². The molecule has 1 aromatic heterocycles. The second kappa shape index (κ2) is 3.34. The summed E-state index contributed by atoms with van der Waals surface area (Å²) in [7, 11) is 2.10. The smallest absolute Gasteiger partial charge is 0.110 e. The molecule has 1 unspecified atom stereocenters. The first kappa shape index (κ1) is 9.40. The zero-order chi connectivity index (χ0) is 10.3. The van der Waals surface area contributed by atoms with E-state index in [0.29, 0.717) is 5.54 Å². The predicted octanol–water partition coefficient (Wildman–Crippen LogP) is 1.49. The third kappa shape index (κ3) is 1.59. The van der Waals surface area contributed by atoms with E-state index in [1.165, 1.54) is 38.1 Å². The van der Waals surface area contributed by atoms with Crippen molar-refractivity contribution in [3.05, 3.63) is 18.2 Å². The average molecular weight is 205 g/mol. The van der Waals surface area contributed by atoms with Gasteiger partial charge in [-0.2, -0.15) is 0 Å².